The van der Waals surface area contributed by atoms with E-state index in [1.54, 1.807) is 0 Å². The summed E-state index contributed by atoms with van der Waals surface area (Å²) in [5.41, 5.74) is 1.42. The zero-order valence-electron chi connectivity index (χ0n) is 13.5. The summed E-state index contributed by atoms with van der Waals surface area (Å²) in [6.07, 6.45) is 6.98. The number of carbonyl (C=O) groups excluding carboxylic acids is 1. The second-order valence-electron chi connectivity index (χ2n) is 6.76. The smallest absolute Gasteiger partial charge is 0.226 e. The number of amides is 1. The maximum absolute atomic E-state index is 12.5. The van der Waals surface area contributed by atoms with Crippen LogP contribution in [0.2, 0.25) is 0 Å². The second kappa shape index (κ2) is 7.77. The molecule has 1 amide bonds. The Bertz CT molecular complexity index is 468. The topological polar surface area (TPSA) is 23.6 Å². The molecule has 0 spiro atoms. The molecule has 0 bridgehead atoms. The molecule has 3 heteroatoms. The fourth-order valence-corrected chi connectivity index (χ4v) is 3.81. The van der Waals surface area contributed by atoms with E-state index < -0.39 is 0 Å². The van der Waals surface area contributed by atoms with Gasteiger partial charge in [-0.15, -0.1) is 0 Å². The van der Waals surface area contributed by atoms with E-state index in [1.165, 1.54) is 37.8 Å². The van der Waals surface area contributed by atoms with Gasteiger partial charge in [0.05, 0.1) is 5.92 Å². The van der Waals surface area contributed by atoms with E-state index in [4.69, 9.17) is 0 Å². The van der Waals surface area contributed by atoms with Crippen molar-refractivity contribution in [2.24, 2.45) is 5.92 Å². The zero-order valence-corrected chi connectivity index (χ0v) is 13.5. The van der Waals surface area contributed by atoms with Crippen molar-refractivity contribution in [3.8, 4) is 0 Å². The van der Waals surface area contributed by atoms with Gasteiger partial charge in [-0.05, 0) is 57.2 Å². The molecule has 2 aliphatic heterocycles. The maximum atomic E-state index is 12.5. The molecule has 2 aliphatic rings. The van der Waals surface area contributed by atoms with Crippen molar-refractivity contribution in [2.45, 2.75) is 38.5 Å². The minimum Gasteiger partial charge on any atom is -0.342 e. The van der Waals surface area contributed by atoms with Gasteiger partial charge in [0.2, 0.25) is 5.91 Å². The fourth-order valence-electron chi connectivity index (χ4n) is 3.81. The van der Waals surface area contributed by atoms with Gasteiger partial charge in [0.25, 0.3) is 0 Å². The Hall–Kier alpha value is -1.35. The average molecular weight is 300 g/mol. The molecule has 1 aromatic rings. The van der Waals surface area contributed by atoms with E-state index in [-0.39, 0.29) is 5.92 Å². The summed E-state index contributed by atoms with van der Waals surface area (Å²) < 4.78 is 0. The van der Waals surface area contributed by atoms with E-state index in [0.717, 1.165) is 39.0 Å². The summed E-state index contributed by atoms with van der Waals surface area (Å²) in [5.74, 6) is 0.675. The van der Waals surface area contributed by atoms with Gasteiger partial charge in [0.1, 0.15) is 0 Å². The van der Waals surface area contributed by atoms with E-state index in [1.807, 2.05) is 0 Å². The first-order valence-corrected chi connectivity index (χ1v) is 8.88. The van der Waals surface area contributed by atoms with E-state index in [2.05, 4.69) is 40.1 Å². The predicted molar refractivity (Wildman–Crippen MR) is 89.7 cm³/mol. The Labute approximate surface area is 134 Å². The summed E-state index contributed by atoms with van der Waals surface area (Å²) >= 11 is 0. The van der Waals surface area contributed by atoms with E-state index in [9.17, 15) is 4.79 Å². The number of aryl methyl sites for hydroxylation is 1. The van der Waals surface area contributed by atoms with Crippen LogP contribution in [-0.4, -0.2) is 48.4 Å². The molecular formula is C19H28N2O. The second-order valence-corrected chi connectivity index (χ2v) is 6.76. The summed E-state index contributed by atoms with van der Waals surface area (Å²) in [4.78, 5) is 17.1. The average Bonchev–Trinajstić information content (AvgIpc) is 3.10. The van der Waals surface area contributed by atoms with Crippen LogP contribution in [0.15, 0.2) is 30.3 Å². The highest BCUT2D eigenvalue weighted by Crippen LogP contribution is 2.21. The first kappa shape index (κ1) is 15.5. The monoisotopic (exact) mass is 300 g/mol. The number of nitrogens with zero attached hydrogens (tertiary/aromatic N) is 2. The number of likely N-dealkylation sites (tertiary alicyclic amines) is 2. The van der Waals surface area contributed by atoms with Crippen LogP contribution >= 0.6 is 0 Å². The molecule has 3 rings (SSSR count). The first-order chi connectivity index (χ1) is 10.8. The van der Waals surface area contributed by atoms with Crippen molar-refractivity contribution < 1.29 is 4.79 Å². The lowest BCUT2D eigenvalue weighted by Crippen LogP contribution is -2.44. The summed E-state index contributed by atoms with van der Waals surface area (Å²) in [6, 6.07) is 10.7. The van der Waals surface area contributed by atoms with Crippen LogP contribution in [-0.2, 0) is 11.2 Å². The number of piperidine rings is 1. The van der Waals surface area contributed by atoms with Gasteiger partial charge in [-0.2, -0.15) is 0 Å². The van der Waals surface area contributed by atoms with Crippen LogP contribution in [0.1, 0.15) is 37.7 Å². The molecule has 0 aliphatic carbocycles. The van der Waals surface area contributed by atoms with Gasteiger partial charge in [0, 0.05) is 19.6 Å². The molecule has 0 aromatic heterocycles. The Balaban J connectivity index is 1.43. The molecule has 1 aromatic carbocycles. The predicted octanol–water partition coefficient (Wildman–Crippen LogP) is 2.95. The molecule has 1 atom stereocenters. The molecule has 0 saturated carbocycles. The lowest BCUT2D eigenvalue weighted by Gasteiger charge is -2.33. The van der Waals surface area contributed by atoms with Crippen LogP contribution in [0.4, 0.5) is 0 Å². The minimum absolute atomic E-state index is 0.253. The van der Waals surface area contributed by atoms with Crippen LogP contribution in [0.25, 0.3) is 0 Å². The van der Waals surface area contributed by atoms with Gasteiger partial charge in [0.15, 0.2) is 0 Å². The van der Waals surface area contributed by atoms with Gasteiger partial charge >= 0.3 is 0 Å². The quantitative estimate of drug-likeness (QED) is 0.834. The highest BCUT2D eigenvalue weighted by atomic mass is 16.2. The van der Waals surface area contributed by atoms with Gasteiger partial charge in [-0.1, -0.05) is 30.3 Å². The third-order valence-electron chi connectivity index (χ3n) is 5.06. The number of carbonyl (C=O) groups is 1. The van der Waals surface area contributed by atoms with Crippen molar-refractivity contribution in [1.29, 1.82) is 0 Å². The SMILES string of the molecule is O=C([C@H]1CCCN(CCCc2ccccc2)C1)N1CCCC1. The van der Waals surface area contributed by atoms with E-state index >= 15 is 0 Å². The van der Waals surface area contributed by atoms with Crippen LogP contribution in [0.3, 0.4) is 0 Å². The molecular weight excluding hydrogens is 272 g/mol. The first-order valence-electron chi connectivity index (χ1n) is 8.88. The Morgan fingerprint density at radius 3 is 2.59 bits per heavy atom. The summed E-state index contributed by atoms with van der Waals surface area (Å²) in [6.45, 7) is 5.24. The molecule has 3 nitrogen and oxygen atoms in total. The summed E-state index contributed by atoms with van der Waals surface area (Å²) in [7, 11) is 0. The fraction of sp³-hybridized carbons (Fsp3) is 0.632. The number of hydrogen-bond acceptors (Lipinski definition) is 2. The highest BCUT2D eigenvalue weighted by Gasteiger charge is 2.30. The molecule has 0 N–H and O–H groups in total. The number of hydrogen-bond donors (Lipinski definition) is 0. The lowest BCUT2D eigenvalue weighted by atomic mass is 9.96. The molecule has 0 radical (unpaired) electrons. The molecule has 2 fully saturated rings. The Morgan fingerprint density at radius 2 is 1.82 bits per heavy atom. The van der Waals surface area contributed by atoms with Crippen molar-refractivity contribution in [3.05, 3.63) is 35.9 Å². The van der Waals surface area contributed by atoms with E-state index in [0.29, 0.717) is 5.91 Å². The van der Waals surface area contributed by atoms with Gasteiger partial charge < -0.3 is 9.80 Å². The van der Waals surface area contributed by atoms with Gasteiger partial charge in [-0.3, -0.25) is 4.79 Å². The van der Waals surface area contributed by atoms with Crippen LogP contribution < -0.4 is 0 Å². The molecule has 2 saturated heterocycles. The highest BCUT2D eigenvalue weighted by molar-refractivity contribution is 5.79. The zero-order chi connectivity index (χ0) is 15.2. The molecule has 120 valence electrons. The van der Waals surface area contributed by atoms with Crippen LogP contribution in [0, 0.1) is 5.92 Å². The van der Waals surface area contributed by atoms with Gasteiger partial charge in [-0.25, -0.2) is 0 Å². The largest absolute Gasteiger partial charge is 0.342 e. The molecule has 2 heterocycles. The Kier molecular flexibility index (Phi) is 5.49. The third-order valence-corrected chi connectivity index (χ3v) is 5.06. The minimum atomic E-state index is 0.253. The maximum Gasteiger partial charge on any atom is 0.226 e. The van der Waals surface area contributed by atoms with Crippen molar-refractivity contribution >= 4 is 5.91 Å². The lowest BCUT2D eigenvalue weighted by molar-refractivity contribution is -0.136. The molecule has 22 heavy (non-hydrogen) atoms. The van der Waals surface area contributed by atoms with Crippen molar-refractivity contribution in [1.82, 2.24) is 9.80 Å². The standard InChI is InChI=1S/C19H28N2O/c22-19(21-14-4-5-15-21)18-11-7-13-20(16-18)12-6-10-17-8-2-1-3-9-17/h1-3,8-9,18H,4-7,10-16H2/t18-/m0/s1. The summed E-state index contributed by atoms with van der Waals surface area (Å²) in [5, 5.41) is 0. The third kappa shape index (κ3) is 4.10. The normalized spacial score (nSPS) is 22.9. The molecule has 0 unspecified atom stereocenters. The van der Waals surface area contributed by atoms with Crippen LogP contribution in [0.5, 0.6) is 0 Å². The number of rotatable bonds is 5. The Morgan fingerprint density at radius 1 is 1.05 bits per heavy atom. The van der Waals surface area contributed by atoms with Crippen molar-refractivity contribution in [2.75, 3.05) is 32.7 Å². The number of benzene rings is 1. The van der Waals surface area contributed by atoms with Crippen molar-refractivity contribution in [3.63, 3.8) is 0 Å².